The molecule has 1 atom stereocenters. The number of primary sulfonamides is 1. The third-order valence-electron chi connectivity index (χ3n) is 5.71. The largest absolute Gasteiger partial charge is 0.507 e. The Morgan fingerprint density at radius 2 is 1.69 bits per heavy atom. The van der Waals surface area contributed by atoms with Gasteiger partial charge >= 0.3 is 0 Å². The van der Waals surface area contributed by atoms with Gasteiger partial charge in [-0.15, -0.1) is 0 Å². The van der Waals surface area contributed by atoms with Crippen LogP contribution in [-0.4, -0.2) is 39.4 Å². The third kappa shape index (κ3) is 4.53. The Morgan fingerprint density at radius 3 is 2.31 bits per heavy atom. The molecule has 0 aliphatic carbocycles. The van der Waals surface area contributed by atoms with Gasteiger partial charge in [0, 0.05) is 10.7 Å². The predicted molar refractivity (Wildman–Crippen MR) is 134 cm³/mol. The molecule has 36 heavy (non-hydrogen) atoms. The third-order valence-corrected chi connectivity index (χ3v) is 6.88. The number of anilines is 1. The fourth-order valence-corrected chi connectivity index (χ4v) is 4.72. The van der Waals surface area contributed by atoms with Crippen molar-refractivity contribution >= 4 is 44.8 Å². The van der Waals surface area contributed by atoms with Crippen molar-refractivity contribution in [2.24, 2.45) is 5.14 Å². The number of ether oxygens (including phenoxy) is 2. The number of benzene rings is 3. The molecule has 0 bridgehead atoms. The lowest BCUT2D eigenvalue weighted by atomic mass is 9.94. The molecule has 4 rings (SSSR count). The summed E-state index contributed by atoms with van der Waals surface area (Å²) in [5.41, 5.74) is 0.603. The molecular formula is C25H21ClN2O7S. The van der Waals surface area contributed by atoms with E-state index in [0.29, 0.717) is 11.3 Å². The van der Waals surface area contributed by atoms with Crippen molar-refractivity contribution in [3.63, 3.8) is 0 Å². The van der Waals surface area contributed by atoms with E-state index in [1.54, 1.807) is 30.3 Å². The molecule has 11 heteroatoms. The predicted octanol–water partition coefficient (Wildman–Crippen LogP) is 3.63. The van der Waals surface area contributed by atoms with Crippen molar-refractivity contribution < 1.29 is 32.6 Å². The summed E-state index contributed by atoms with van der Waals surface area (Å²) in [6.07, 6.45) is 0. The molecular weight excluding hydrogens is 508 g/mol. The molecule has 0 saturated carbocycles. The minimum Gasteiger partial charge on any atom is -0.507 e. The first-order valence-corrected chi connectivity index (χ1v) is 12.4. The number of carbonyl (C=O) groups is 2. The molecule has 3 aromatic carbocycles. The molecule has 1 unspecified atom stereocenters. The molecule has 1 amide bonds. The van der Waals surface area contributed by atoms with Crippen LogP contribution < -0.4 is 19.5 Å². The first kappa shape index (κ1) is 25.2. The number of ketones is 1. The van der Waals surface area contributed by atoms with Gasteiger partial charge in [0.05, 0.1) is 36.3 Å². The summed E-state index contributed by atoms with van der Waals surface area (Å²) < 4.78 is 34.0. The van der Waals surface area contributed by atoms with Crippen LogP contribution in [0.3, 0.4) is 0 Å². The molecule has 0 aromatic heterocycles. The van der Waals surface area contributed by atoms with E-state index >= 15 is 0 Å². The maximum atomic E-state index is 13.3. The van der Waals surface area contributed by atoms with Gasteiger partial charge in [-0.3, -0.25) is 14.5 Å². The molecule has 1 fully saturated rings. The second-order valence-corrected chi connectivity index (χ2v) is 9.83. The molecule has 1 aliphatic rings. The van der Waals surface area contributed by atoms with Crippen molar-refractivity contribution in [1.29, 1.82) is 0 Å². The number of nitrogens with two attached hydrogens (primary N) is 1. The number of halogens is 1. The maximum absolute atomic E-state index is 13.3. The molecule has 1 heterocycles. The zero-order valence-electron chi connectivity index (χ0n) is 19.1. The average molecular weight is 529 g/mol. The number of aliphatic hydroxyl groups excluding tert-OH is 1. The summed E-state index contributed by atoms with van der Waals surface area (Å²) in [6.45, 7) is 0. The van der Waals surface area contributed by atoms with E-state index in [2.05, 4.69) is 0 Å². The molecule has 0 radical (unpaired) electrons. The Balaban J connectivity index is 1.98. The van der Waals surface area contributed by atoms with Gasteiger partial charge in [0.15, 0.2) is 0 Å². The van der Waals surface area contributed by atoms with Crippen LogP contribution in [0, 0.1) is 0 Å². The Bertz CT molecular complexity index is 1500. The molecule has 3 N–H and O–H groups in total. The van der Waals surface area contributed by atoms with Gasteiger partial charge < -0.3 is 14.6 Å². The van der Waals surface area contributed by atoms with Crippen LogP contribution in [0.5, 0.6) is 11.5 Å². The Kier molecular flexibility index (Phi) is 6.77. The quantitative estimate of drug-likeness (QED) is 0.283. The van der Waals surface area contributed by atoms with E-state index in [9.17, 15) is 23.1 Å². The second-order valence-electron chi connectivity index (χ2n) is 7.83. The lowest BCUT2D eigenvalue weighted by molar-refractivity contribution is -0.132. The summed E-state index contributed by atoms with van der Waals surface area (Å²) in [4.78, 5) is 27.6. The number of carbonyl (C=O) groups excluding carboxylic acids is 2. The van der Waals surface area contributed by atoms with Crippen LogP contribution >= 0.6 is 11.6 Å². The number of amides is 1. The minimum atomic E-state index is -3.98. The van der Waals surface area contributed by atoms with Gasteiger partial charge in [0.2, 0.25) is 10.0 Å². The van der Waals surface area contributed by atoms with Crippen molar-refractivity contribution in [3.8, 4) is 11.5 Å². The summed E-state index contributed by atoms with van der Waals surface area (Å²) in [7, 11) is -1.11. The van der Waals surface area contributed by atoms with Gasteiger partial charge in [0.1, 0.15) is 17.3 Å². The molecule has 0 spiro atoms. The number of hydrogen-bond acceptors (Lipinski definition) is 7. The van der Waals surface area contributed by atoms with Crippen LogP contribution in [0.4, 0.5) is 5.69 Å². The lowest BCUT2D eigenvalue weighted by Crippen LogP contribution is -2.29. The van der Waals surface area contributed by atoms with Crippen molar-refractivity contribution in [1.82, 2.24) is 0 Å². The van der Waals surface area contributed by atoms with E-state index in [-0.39, 0.29) is 32.5 Å². The van der Waals surface area contributed by atoms with E-state index in [1.807, 2.05) is 0 Å². The molecule has 3 aromatic rings. The fourth-order valence-electron chi connectivity index (χ4n) is 4.03. The molecule has 186 valence electrons. The molecule has 9 nitrogen and oxygen atoms in total. The fraction of sp³-hybridized carbons (Fsp3) is 0.120. The molecule has 1 aliphatic heterocycles. The van der Waals surface area contributed by atoms with Crippen LogP contribution in [0.15, 0.2) is 77.2 Å². The smallest absolute Gasteiger partial charge is 0.300 e. The average Bonchev–Trinajstić information content (AvgIpc) is 3.13. The van der Waals surface area contributed by atoms with Crippen LogP contribution in [0.1, 0.15) is 17.2 Å². The van der Waals surface area contributed by atoms with E-state index in [1.165, 1.54) is 55.5 Å². The van der Waals surface area contributed by atoms with Gasteiger partial charge in [0.25, 0.3) is 11.7 Å². The zero-order valence-corrected chi connectivity index (χ0v) is 20.7. The van der Waals surface area contributed by atoms with Crippen LogP contribution in [-0.2, 0) is 19.6 Å². The maximum Gasteiger partial charge on any atom is 0.300 e. The standard InChI is InChI=1S/C25H21ClN2O7S/c1-34-17-5-3-4-14(12-17)22-21(23(29)19-13-15(26)6-11-20(19)35-2)24(30)25(31)28(22)16-7-9-18(10-8-16)36(27,32)33/h3-13,22,29H,1-2H3,(H2,27,32,33)/b23-21+. The number of rotatable bonds is 6. The number of hydrogen-bond donors (Lipinski definition) is 2. The highest BCUT2D eigenvalue weighted by atomic mass is 35.5. The normalized spacial score (nSPS) is 17.3. The van der Waals surface area contributed by atoms with E-state index in [0.717, 1.165) is 0 Å². The first-order chi connectivity index (χ1) is 17.1. The Morgan fingerprint density at radius 1 is 1.00 bits per heavy atom. The van der Waals surface area contributed by atoms with Gasteiger partial charge in [-0.2, -0.15) is 0 Å². The monoisotopic (exact) mass is 528 g/mol. The highest BCUT2D eigenvalue weighted by Crippen LogP contribution is 2.44. The van der Waals surface area contributed by atoms with Crippen molar-refractivity contribution in [3.05, 3.63) is 88.5 Å². The lowest BCUT2D eigenvalue weighted by Gasteiger charge is -2.26. The van der Waals surface area contributed by atoms with Crippen molar-refractivity contribution in [2.45, 2.75) is 10.9 Å². The number of aliphatic hydroxyl groups is 1. The minimum absolute atomic E-state index is 0.125. The van der Waals surface area contributed by atoms with Crippen molar-refractivity contribution in [2.75, 3.05) is 19.1 Å². The Labute approximate surface area is 212 Å². The zero-order chi connectivity index (χ0) is 26.2. The van der Waals surface area contributed by atoms with Gasteiger partial charge in [-0.25, -0.2) is 13.6 Å². The highest BCUT2D eigenvalue weighted by Gasteiger charge is 2.47. The number of methoxy groups -OCH3 is 2. The SMILES string of the molecule is COc1cccc(C2/C(=C(\O)c3cc(Cl)ccc3OC)C(=O)C(=O)N2c2ccc(S(N)(=O)=O)cc2)c1. The number of Topliss-reactive ketones (excluding diaryl/α,β-unsaturated/α-hetero) is 1. The first-order valence-electron chi connectivity index (χ1n) is 10.5. The van der Waals surface area contributed by atoms with Crippen LogP contribution in [0.2, 0.25) is 5.02 Å². The Hall–Kier alpha value is -3.86. The summed E-state index contributed by atoms with van der Waals surface area (Å²) >= 11 is 6.13. The van der Waals surface area contributed by atoms with Gasteiger partial charge in [-0.05, 0) is 60.2 Å². The summed E-state index contributed by atoms with van der Waals surface area (Å²) in [5, 5.41) is 16.8. The van der Waals surface area contributed by atoms with E-state index < -0.39 is 33.5 Å². The topological polar surface area (TPSA) is 136 Å². The highest BCUT2D eigenvalue weighted by molar-refractivity contribution is 7.89. The summed E-state index contributed by atoms with van der Waals surface area (Å²) in [6, 6.07) is 15.3. The van der Waals surface area contributed by atoms with Gasteiger partial charge in [-0.1, -0.05) is 23.7 Å². The second kappa shape index (κ2) is 9.65. The summed E-state index contributed by atoms with van der Waals surface area (Å²) in [5.74, 6) is -1.65. The van der Waals surface area contributed by atoms with E-state index in [4.69, 9.17) is 26.2 Å². The number of sulfonamides is 1. The van der Waals surface area contributed by atoms with Crippen LogP contribution in [0.25, 0.3) is 5.76 Å². The molecule has 1 saturated heterocycles. The number of nitrogens with zero attached hydrogens (tertiary/aromatic N) is 1.